The molecule has 0 atom stereocenters. The standard InChI is InChI=1S/C21H37N3O2/c1-17(2)5-6-19(25)23-13-8-21(9-14-23)10-15-24(16-11-21)20(26)7-12-22-18(3)4/h17,22H,3,5-16H2,1-2,4H3. The van der Waals surface area contributed by atoms with Crippen LogP contribution in [0.15, 0.2) is 12.3 Å². The Bertz CT molecular complexity index is 497. The molecule has 2 aliphatic rings. The van der Waals surface area contributed by atoms with Gasteiger partial charge >= 0.3 is 0 Å². The van der Waals surface area contributed by atoms with E-state index in [1.807, 2.05) is 11.8 Å². The lowest BCUT2D eigenvalue weighted by atomic mass is 9.71. The lowest BCUT2D eigenvalue weighted by molar-refractivity contribution is -0.136. The van der Waals surface area contributed by atoms with Gasteiger partial charge in [-0.25, -0.2) is 0 Å². The Morgan fingerprint density at radius 1 is 0.962 bits per heavy atom. The molecule has 2 heterocycles. The quantitative estimate of drug-likeness (QED) is 0.756. The Morgan fingerprint density at radius 2 is 1.42 bits per heavy atom. The summed E-state index contributed by atoms with van der Waals surface area (Å²) in [6.45, 7) is 14.2. The Balaban J connectivity index is 1.72. The normalized spacial score (nSPS) is 19.7. The number of amides is 2. The van der Waals surface area contributed by atoms with Gasteiger partial charge in [0, 0.05) is 51.3 Å². The highest BCUT2D eigenvalue weighted by Crippen LogP contribution is 2.41. The van der Waals surface area contributed by atoms with E-state index < -0.39 is 0 Å². The second-order valence-electron chi connectivity index (χ2n) is 8.65. The van der Waals surface area contributed by atoms with Crippen molar-refractivity contribution in [3.63, 3.8) is 0 Å². The largest absolute Gasteiger partial charge is 0.389 e. The van der Waals surface area contributed by atoms with Crippen LogP contribution in [0, 0.1) is 11.3 Å². The fourth-order valence-electron chi connectivity index (χ4n) is 4.07. The molecule has 0 unspecified atom stereocenters. The zero-order chi connectivity index (χ0) is 19.2. The number of nitrogens with one attached hydrogen (secondary N) is 1. The lowest BCUT2D eigenvalue weighted by Crippen LogP contribution is -2.49. The Kier molecular flexibility index (Phi) is 7.54. The minimum Gasteiger partial charge on any atom is -0.389 e. The fraction of sp³-hybridized carbons (Fsp3) is 0.810. The zero-order valence-electron chi connectivity index (χ0n) is 17.0. The third kappa shape index (κ3) is 6.03. The molecular formula is C21H37N3O2. The molecule has 0 bridgehead atoms. The molecule has 26 heavy (non-hydrogen) atoms. The van der Waals surface area contributed by atoms with Crippen LogP contribution < -0.4 is 5.32 Å². The number of rotatable bonds is 7. The van der Waals surface area contributed by atoms with Crippen LogP contribution in [0.25, 0.3) is 0 Å². The molecule has 1 spiro atoms. The third-order valence-corrected chi connectivity index (χ3v) is 6.05. The predicted molar refractivity (Wildman–Crippen MR) is 106 cm³/mol. The van der Waals surface area contributed by atoms with Crippen molar-refractivity contribution in [3.8, 4) is 0 Å². The van der Waals surface area contributed by atoms with Crippen LogP contribution in [0.5, 0.6) is 0 Å². The molecule has 2 fully saturated rings. The molecule has 0 aromatic carbocycles. The van der Waals surface area contributed by atoms with Crippen molar-refractivity contribution in [2.75, 3.05) is 32.7 Å². The van der Waals surface area contributed by atoms with E-state index in [1.54, 1.807) is 0 Å². The van der Waals surface area contributed by atoms with Crippen LogP contribution in [0.4, 0.5) is 0 Å². The van der Waals surface area contributed by atoms with Gasteiger partial charge in [0.25, 0.3) is 0 Å². The monoisotopic (exact) mass is 363 g/mol. The third-order valence-electron chi connectivity index (χ3n) is 6.05. The zero-order valence-corrected chi connectivity index (χ0v) is 17.0. The van der Waals surface area contributed by atoms with Crippen molar-refractivity contribution < 1.29 is 9.59 Å². The molecule has 2 amide bonds. The molecule has 0 aromatic rings. The van der Waals surface area contributed by atoms with Crippen molar-refractivity contribution >= 4 is 11.8 Å². The number of hydrogen-bond acceptors (Lipinski definition) is 3. The Labute approximate surface area is 159 Å². The van der Waals surface area contributed by atoms with Crippen LogP contribution in [-0.4, -0.2) is 54.3 Å². The van der Waals surface area contributed by atoms with E-state index in [0.717, 1.165) is 64.0 Å². The highest BCUT2D eigenvalue weighted by atomic mass is 16.2. The molecule has 0 radical (unpaired) electrons. The van der Waals surface area contributed by atoms with Gasteiger partial charge in [-0.05, 0) is 50.4 Å². The van der Waals surface area contributed by atoms with E-state index in [1.165, 1.54) is 0 Å². The first-order chi connectivity index (χ1) is 12.3. The molecule has 2 aliphatic heterocycles. The van der Waals surface area contributed by atoms with Crippen LogP contribution in [0.1, 0.15) is 65.7 Å². The average Bonchev–Trinajstić information content (AvgIpc) is 2.60. The summed E-state index contributed by atoms with van der Waals surface area (Å²) >= 11 is 0. The molecule has 0 saturated carbocycles. The summed E-state index contributed by atoms with van der Waals surface area (Å²) in [7, 11) is 0. The minimum absolute atomic E-state index is 0.245. The van der Waals surface area contributed by atoms with Crippen LogP contribution >= 0.6 is 0 Å². The first kappa shape index (κ1) is 20.8. The number of carbonyl (C=O) groups excluding carboxylic acids is 2. The van der Waals surface area contributed by atoms with E-state index in [4.69, 9.17) is 0 Å². The molecule has 2 rings (SSSR count). The van der Waals surface area contributed by atoms with Gasteiger partial charge in [0.15, 0.2) is 0 Å². The number of piperidine rings is 2. The molecule has 2 saturated heterocycles. The molecule has 5 nitrogen and oxygen atoms in total. The fourth-order valence-corrected chi connectivity index (χ4v) is 4.07. The summed E-state index contributed by atoms with van der Waals surface area (Å²) < 4.78 is 0. The second-order valence-corrected chi connectivity index (χ2v) is 8.65. The van der Waals surface area contributed by atoms with Gasteiger partial charge in [0.2, 0.25) is 11.8 Å². The van der Waals surface area contributed by atoms with Crippen LogP contribution in [0.2, 0.25) is 0 Å². The molecule has 1 N–H and O–H groups in total. The summed E-state index contributed by atoms with van der Waals surface area (Å²) in [5.41, 5.74) is 1.26. The Morgan fingerprint density at radius 3 is 1.85 bits per heavy atom. The van der Waals surface area contributed by atoms with Gasteiger partial charge in [-0.2, -0.15) is 0 Å². The maximum absolute atomic E-state index is 12.3. The number of allylic oxidation sites excluding steroid dienone is 1. The van der Waals surface area contributed by atoms with Gasteiger partial charge in [-0.3, -0.25) is 9.59 Å². The summed E-state index contributed by atoms with van der Waals surface area (Å²) in [6.07, 6.45) is 6.57. The van der Waals surface area contributed by atoms with E-state index in [2.05, 4.69) is 30.6 Å². The van der Waals surface area contributed by atoms with Gasteiger partial charge in [0.05, 0.1) is 0 Å². The molecule has 0 aliphatic carbocycles. The van der Waals surface area contributed by atoms with Crippen molar-refractivity contribution in [1.82, 2.24) is 15.1 Å². The van der Waals surface area contributed by atoms with E-state index in [9.17, 15) is 9.59 Å². The summed E-state index contributed by atoms with van der Waals surface area (Å²) in [6, 6.07) is 0. The lowest BCUT2D eigenvalue weighted by Gasteiger charge is -2.47. The van der Waals surface area contributed by atoms with Crippen molar-refractivity contribution in [1.29, 1.82) is 0 Å². The average molecular weight is 364 g/mol. The first-order valence-corrected chi connectivity index (χ1v) is 10.3. The Hall–Kier alpha value is -1.52. The summed E-state index contributed by atoms with van der Waals surface area (Å²) in [5.74, 6) is 1.16. The van der Waals surface area contributed by atoms with Crippen molar-refractivity contribution in [2.45, 2.75) is 65.7 Å². The first-order valence-electron chi connectivity index (χ1n) is 10.3. The van der Waals surface area contributed by atoms with Gasteiger partial charge in [0.1, 0.15) is 0 Å². The number of hydrogen-bond donors (Lipinski definition) is 1. The molecule has 148 valence electrons. The summed E-state index contributed by atoms with van der Waals surface area (Å²) in [5, 5.41) is 3.13. The topological polar surface area (TPSA) is 52.7 Å². The number of nitrogens with zero attached hydrogens (tertiary/aromatic N) is 2. The summed E-state index contributed by atoms with van der Waals surface area (Å²) in [4.78, 5) is 28.7. The van der Waals surface area contributed by atoms with Crippen molar-refractivity contribution in [3.05, 3.63) is 12.3 Å². The number of carbonyl (C=O) groups is 2. The van der Waals surface area contributed by atoms with Gasteiger partial charge in [-0.1, -0.05) is 20.4 Å². The van der Waals surface area contributed by atoms with Gasteiger partial charge < -0.3 is 15.1 Å². The second kappa shape index (κ2) is 9.43. The predicted octanol–water partition coefficient (Wildman–Crippen LogP) is 3.17. The SMILES string of the molecule is C=C(C)NCCC(=O)N1CCC2(CC1)CCN(C(=O)CCC(C)C)CC2. The van der Waals surface area contributed by atoms with Crippen molar-refractivity contribution in [2.24, 2.45) is 11.3 Å². The maximum atomic E-state index is 12.3. The molecule has 0 aromatic heterocycles. The smallest absolute Gasteiger partial charge is 0.224 e. The van der Waals surface area contributed by atoms with Crippen LogP contribution in [0.3, 0.4) is 0 Å². The molecular weight excluding hydrogens is 326 g/mol. The highest BCUT2D eigenvalue weighted by molar-refractivity contribution is 5.77. The van der Waals surface area contributed by atoms with Gasteiger partial charge in [-0.15, -0.1) is 0 Å². The highest BCUT2D eigenvalue weighted by Gasteiger charge is 2.39. The van der Waals surface area contributed by atoms with E-state index in [0.29, 0.717) is 36.6 Å². The van der Waals surface area contributed by atoms with Crippen LogP contribution in [-0.2, 0) is 9.59 Å². The maximum Gasteiger partial charge on any atom is 0.224 e. The van der Waals surface area contributed by atoms with E-state index in [-0.39, 0.29) is 5.91 Å². The molecule has 5 heteroatoms. The van der Waals surface area contributed by atoms with E-state index >= 15 is 0 Å². The number of likely N-dealkylation sites (tertiary alicyclic amines) is 2. The minimum atomic E-state index is 0.245.